The van der Waals surface area contributed by atoms with Gasteiger partial charge in [-0.15, -0.1) is 0 Å². The normalized spacial score (nSPS) is 15.5. The fourth-order valence-corrected chi connectivity index (χ4v) is 4.82. The zero-order chi connectivity index (χ0) is 24.9. The van der Waals surface area contributed by atoms with Crippen LogP contribution in [0.2, 0.25) is 0 Å². The maximum Gasteiger partial charge on any atom is 0.241 e. The number of benzene rings is 3. The number of aryl methyl sites for hydroxylation is 2. The second-order valence-electron chi connectivity index (χ2n) is 9.64. The Bertz CT molecular complexity index is 1290. The molecule has 6 nitrogen and oxygen atoms in total. The van der Waals surface area contributed by atoms with Crippen molar-refractivity contribution in [3.63, 3.8) is 0 Å². The summed E-state index contributed by atoms with van der Waals surface area (Å²) in [4.78, 5) is 20.2. The van der Waals surface area contributed by atoms with Crippen LogP contribution in [0.4, 0.5) is 0 Å². The van der Waals surface area contributed by atoms with Gasteiger partial charge in [-0.1, -0.05) is 89.6 Å². The van der Waals surface area contributed by atoms with E-state index in [1.54, 1.807) is 0 Å². The predicted molar refractivity (Wildman–Crippen MR) is 140 cm³/mol. The second kappa shape index (κ2) is 10.9. The van der Waals surface area contributed by atoms with Gasteiger partial charge in [-0.2, -0.15) is 4.98 Å². The Hall–Kier alpha value is -3.77. The van der Waals surface area contributed by atoms with Crippen molar-refractivity contribution < 1.29 is 9.32 Å². The van der Waals surface area contributed by atoms with E-state index >= 15 is 0 Å². The monoisotopic (exact) mass is 480 g/mol. The molecule has 1 aromatic heterocycles. The molecule has 0 saturated carbocycles. The number of nitrogens with zero attached hydrogens (tertiary/aromatic N) is 3. The number of aromatic nitrogens is 2. The number of nitrogens with one attached hydrogen (secondary N) is 1. The third kappa shape index (κ3) is 5.55. The average Bonchev–Trinajstić information content (AvgIpc) is 3.37. The largest absolute Gasteiger partial charge is 0.345 e. The Morgan fingerprint density at radius 1 is 0.944 bits per heavy atom. The van der Waals surface area contributed by atoms with Gasteiger partial charge in [0.25, 0.3) is 0 Å². The molecule has 5 rings (SSSR count). The van der Waals surface area contributed by atoms with Crippen molar-refractivity contribution in [1.82, 2.24) is 20.4 Å². The lowest BCUT2D eigenvalue weighted by Crippen LogP contribution is -2.41. The van der Waals surface area contributed by atoms with Crippen LogP contribution in [-0.4, -0.2) is 34.0 Å². The molecule has 1 N–H and O–H groups in total. The molecule has 0 aliphatic carbocycles. The lowest BCUT2D eigenvalue weighted by atomic mass is 9.93. The van der Waals surface area contributed by atoms with Crippen molar-refractivity contribution in [3.05, 3.63) is 107 Å². The summed E-state index contributed by atoms with van der Waals surface area (Å²) in [6.45, 7) is 6.36. The molecule has 0 radical (unpaired) electrons. The smallest absolute Gasteiger partial charge is 0.241 e. The lowest BCUT2D eigenvalue weighted by Gasteiger charge is -2.31. The highest BCUT2D eigenvalue weighted by molar-refractivity contribution is 5.79. The van der Waals surface area contributed by atoms with E-state index in [0.29, 0.717) is 18.3 Å². The molecule has 1 saturated heterocycles. The van der Waals surface area contributed by atoms with Gasteiger partial charge in [0.2, 0.25) is 17.6 Å². The van der Waals surface area contributed by atoms with Gasteiger partial charge in [0, 0.05) is 11.5 Å². The van der Waals surface area contributed by atoms with Gasteiger partial charge >= 0.3 is 0 Å². The molecule has 4 aromatic rings. The first kappa shape index (κ1) is 23.9. The minimum absolute atomic E-state index is 0.0110. The number of rotatable bonds is 7. The van der Waals surface area contributed by atoms with Gasteiger partial charge in [-0.25, -0.2) is 0 Å². The molecule has 1 amide bonds. The SMILES string of the molecule is Cc1ccc(C(NC(=O)C2CCN(Cc3nc(-c4ccccc4C)no3)CC2)c2ccccc2)cc1. The van der Waals surface area contributed by atoms with Crippen molar-refractivity contribution in [2.24, 2.45) is 5.92 Å². The Kier molecular flexibility index (Phi) is 7.23. The number of hydrogen-bond donors (Lipinski definition) is 1. The van der Waals surface area contributed by atoms with Crippen LogP contribution in [0.1, 0.15) is 47.0 Å². The first-order valence-electron chi connectivity index (χ1n) is 12.6. The van der Waals surface area contributed by atoms with E-state index in [0.717, 1.165) is 48.2 Å². The summed E-state index contributed by atoms with van der Waals surface area (Å²) in [5.74, 6) is 1.34. The maximum atomic E-state index is 13.3. The molecule has 1 atom stereocenters. The Morgan fingerprint density at radius 2 is 1.61 bits per heavy atom. The lowest BCUT2D eigenvalue weighted by molar-refractivity contribution is -0.127. The molecule has 6 heteroatoms. The number of hydrogen-bond acceptors (Lipinski definition) is 5. The third-order valence-electron chi connectivity index (χ3n) is 7.00. The summed E-state index contributed by atoms with van der Waals surface area (Å²) in [6.07, 6.45) is 1.61. The number of piperidine rings is 1. The van der Waals surface area contributed by atoms with E-state index in [9.17, 15) is 4.79 Å². The van der Waals surface area contributed by atoms with Crippen LogP contribution in [0.5, 0.6) is 0 Å². The van der Waals surface area contributed by atoms with Crippen LogP contribution in [-0.2, 0) is 11.3 Å². The van der Waals surface area contributed by atoms with E-state index in [4.69, 9.17) is 4.52 Å². The summed E-state index contributed by atoms with van der Waals surface area (Å²) >= 11 is 0. The average molecular weight is 481 g/mol. The highest BCUT2D eigenvalue weighted by Crippen LogP contribution is 2.26. The van der Waals surface area contributed by atoms with Crippen LogP contribution >= 0.6 is 0 Å². The molecule has 36 heavy (non-hydrogen) atoms. The molecule has 0 bridgehead atoms. The predicted octanol–water partition coefficient (Wildman–Crippen LogP) is 5.47. The highest BCUT2D eigenvalue weighted by atomic mass is 16.5. The van der Waals surface area contributed by atoms with Gasteiger partial charge in [-0.05, 0) is 56.5 Å². The molecular weight excluding hydrogens is 448 g/mol. The number of carbonyl (C=O) groups is 1. The van der Waals surface area contributed by atoms with Crippen molar-refractivity contribution >= 4 is 5.91 Å². The first-order valence-corrected chi connectivity index (χ1v) is 12.6. The number of amides is 1. The summed E-state index contributed by atoms with van der Waals surface area (Å²) < 4.78 is 5.53. The molecule has 0 spiro atoms. The zero-order valence-electron chi connectivity index (χ0n) is 20.9. The summed E-state index contributed by atoms with van der Waals surface area (Å²) in [5.41, 5.74) is 5.50. The Morgan fingerprint density at radius 3 is 2.33 bits per heavy atom. The van der Waals surface area contributed by atoms with Crippen molar-refractivity contribution in [3.8, 4) is 11.4 Å². The van der Waals surface area contributed by atoms with Gasteiger partial charge in [-0.3, -0.25) is 9.69 Å². The molecule has 2 heterocycles. The Balaban J connectivity index is 1.19. The van der Waals surface area contributed by atoms with Crippen molar-refractivity contribution in [1.29, 1.82) is 0 Å². The van der Waals surface area contributed by atoms with E-state index < -0.39 is 0 Å². The Labute approximate surface area is 212 Å². The minimum atomic E-state index is -0.157. The molecule has 1 aliphatic heterocycles. The first-order chi connectivity index (χ1) is 17.6. The number of likely N-dealkylation sites (tertiary alicyclic amines) is 1. The fourth-order valence-electron chi connectivity index (χ4n) is 4.82. The van der Waals surface area contributed by atoms with E-state index in [2.05, 4.69) is 63.7 Å². The van der Waals surface area contributed by atoms with E-state index in [-0.39, 0.29) is 17.9 Å². The third-order valence-corrected chi connectivity index (χ3v) is 7.00. The van der Waals surface area contributed by atoms with E-state index in [1.165, 1.54) is 5.56 Å². The molecule has 1 unspecified atom stereocenters. The van der Waals surface area contributed by atoms with Crippen LogP contribution in [0.15, 0.2) is 83.4 Å². The van der Waals surface area contributed by atoms with Crippen LogP contribution in [0, 0.1) is 19.8 Å². The topological polar surface area (TPSA) is 71.3 Å². The minimum Gasteiger partial charge on any atom is -0.345 e. The van der Waals surface area contributed by atoms with Crippen LogP contribution < -0.4 is 5.32 Å². The van der Waals surface area contributed by atoms with Crippen molar-refractivity contribution in [2.75, 3.05) is 13.1 Å². The molecule has 1 fully saturated rings. The van der Waals surface area contributed by atoms with Crippen LogP contribution in [0.3, 0.4) is 0 Å². The maximum absolute atomic E-state index is 13.3. The van der Waals surface area contributed by atoms with Crippen molar-refractivity contribution in [2.45, 2.75) is 39.3 Å². The standard InChI is InChI=1S/C30H32N4O2/c1-21-12-14-24(15-13-21)28(23-9-4-3-5-10-23)32-30(35)25-16-18-34(19-17-25)20-27-31-29(33-36-27)26-11-7-6-8-22(26)2/h3-15,25,28H,16-20H2,1-2H3,(H,32,35). The van der Waals surface area contributed by atoms with Gasteiger partial charge < -0.3 is 9.84 Å². The quantitative estimate of drug-likeness (QED) is 0.380. The fraction of sp³-hybridized carbons (Fsp3) is 0.300. The molecule has 184 valence electrons. The zero-order valence-corrected chi connectivity index (χ0v) is 20.9. The van der Waals surface area contributed by atoms with Gasteiger partial charge in [0.05, 0.1) is 12.6 Å². The summed E-state index contributed by atoms with van der Waals surface area (Å²) in [5, 5.41) is 7.51. The highest BCUT2D eigenvalue weighted by Gasteiger charge is 2.28. The number of carbonyl (C=O) groups excluding carboxylic acids is 1. The molecular formula is C30H32N4O2. The van der Waals surface area contributed by atoms with Gasteiger partial charge in [0.1, 0.15) is 0 Å². The van der Waals surface area contributed by atoms with Crippen LogP contribution in [0.25, 0.3) is 11.4 Å². The van der Waals surface area contributed by atoms with Gasteiger partial charge in [0.15, 0.2) is 0 Å². The molecule has 1 aliphatic rings. The second-order valence-corrected chi connectivity index (χ2v) is 9.64. The van der Waals surface area contributed by atoms with E-state index in [1.807, 2.05) is 49.4 Å². The summed E-state index contributed by atoms with van der Waals surface area (Å²) in [6, 6.07) is 26.5. The summed E-state index contributed by atoms with van der Waals surface area (Å²) in [7, 11) is 0. The molecule has 3 aromatic carbocycles.